The fraction of sp³-hybridized carbons (Fsp3) is 0.286. The van der Waals surface area contributed by atoms with Gasteiger partial charge in [0.25, 0.3) is 0 Å². The van der Waals surface area contributed by atoms with Gasteiger partial charge in [-0.2, -0.15) is 0 Å². The Morgan fingerprint density at radius 3 is 3.00 bits per heavy atom. The van der Waals surface area contributed by atoms with Crippen LogP contribution in [0.3, 0.4) is 0 Å². The van der Waals surface area contributed by atoms with Crippen molar-refractivity contribution >= 4 is 17.7 Å². The highest BCUT2D eigenvalue weighted by molar-refractivity contribution is 7.99. The summed E-state index contributed by atoms with van der Waals surface area (Å²) in [4.78, 5) is 11.2. The van der Waals surface area contributed by atoms with Crippen molar-refractivity contribution in [3.63, 3.8) is 0 Å². The largest absolute Gasteiger partial charge is 0.465 e. The molecular formula is C14H14FNO3S. The summed E-state index contributed by atoms with van der Waals surface area (Å²) in [6.45, 7) is 2.14. The van der Waals surface area contributed by atoms with Crippen molar-refractivity contribution in [3.05, 3.63) is 41.8 Å². The van der Waals surface area contributed by atoms with Crippen molar-refractivity contribution in [3.8, 4) is 11.3 Å². The van der Waals surface area contributed by atoms with E-state index in [2.05, 4.69) is 5.16 Å². The molecule has 1 aromatic carbocycles. The van der Waals surface area contributed by atoms with E-state index in [4.69, 9.17) is 9.26 Å². The molecule has 0 aliphatic heterocycles. The van der Waals surface area contributed by atoms with Crippen molar-refractivity contribution < 1.29 is 18.4 Å². The Hall–Kier alpha value is -1.82. The SMILES string of the molecule is CCOC(=O)CSCc1cc(-c2ccccc2F)on1. The van der Waals surface area contributed by atoms with Crippen LogP contribution in [0.25, 0.3) is 11.3 Å². The molecular weight excluding hydrogens is 281 g/mol. The summed E-state index contributed by atoms with van der Waals surface area (Å²) >= 11 is 1.38. The second-order valence-electron chi connectivity index (χ2n) is 3.96. The van der Waals surface area contributed by atoms with Crippen LogP contribution in [0.1, 0.15) is 12.6 Å². The van der Waals surface area contributed by atoms with Crippen LogP contribution < -0.4 is 0 Å². The topological polar surface area (TPSA) is 52.3 Å². The lowest BCUT2D eigenvalue weighted by Crippen LogP contribution is -2.06. The molecule has 0 amide bonds. The lowest BCUT2D eigenvalue weighted by molar-refractivity contribution is -0.139. The third-order valence-corrected chi connectivity index (χ3v) is 3.41. The van der Waals surface area contributed by atoms with Gasteiger partial charge in [0.15, 0.2) is 5.76 Å². The average molecular weight is 295 g/mol. The van der Waals surface area contributed by atoms with Gasteiger partial charge in [0, 0.05) is 11.8 Å². The summed E-state index contributed by atoms with van der Waals surface area (Å²) in [6, 6.07) is 8.02. The van der Waals surface area contributed by atoms with Gasteiger partial charge in [-0.25, -0.2) is 4.39 Å². The third-order valence-electron chi connectivity index (χ3n) is 2.47. The maximum atomic E-state index is 13.6. The lowest BCUT2D eigenvalue weighted by atomic mass is 10.1. The number of benzene rings is 1. The van der Waals surface area contributed by atoms with E-state index in [0.29, 0.717) is 29.4 Å². The zero-order chi connectivity index (χ0) is 14.4. The van der Waals surface area contributed by atoms with Gasteiger partial charge in [-0.05, 0) is 19.1 Å². The maximum Gasteiger partial charge on any atom is 0.315 e. The number of ether oxygens (including phenoxy) is 1. The highest BCUT2D eigenvalue weighted by Gasteiger charge is 2.11. The molecule has 0 N–H and O–H groups in total. The third kappa shape index (κ3) is 3.84. The molecule has 0 spiro atoms. The Bertz CT molecular complexity index is 585. The molecule has 0 aliphatic carbocycles. The normalized spacial score (nSPS) is 10.5. The molecule has 4 nitrogen and oxygen atoms in total. The minimum Gasteiger partial charge on any atom is -0.465 e. The molecule has 6 heteroatoms. The molecule has 0 saturated carbocycles. The van der Waals surface area contributed by atoms with Crippen LogP contribution in [0.4, 0.5) is 4.39 Å². The summed E-state index contributed by atoms with van der Waals surface area (Å²) in [7, 11) is 0. The van der Waals surface area contributed by atoms with Crippen LogP contribution in [-0.2, 0) is 15.3 Å². The minimum atomic E-state index is -0.352. The van der Waals surface area contributed by atoms with Gasteiger partial charge >= 0.3 is 5.97 Å². The van der Waals surface area contributed by atoms with Crippen molar-refractivity contribution in [1.29, 1.82) is 0 Å². The van der Waals surface area contributed by atoms with Gasteiger partial charge < -0.3 is 9.26 Å². The van der Waals surface area contributed by atoms with Crippen LogP contribution in [0.5, 0.6) is 0 Å². The van der Waals surface area contributed by atoms with E-state index >= 15 is 0 Å². The Kier molecular flexibility index (Phi) is 5.17. The van der Waals surface area contributed by atoms with E-state index in [1.165, 1.54) is 17.8 Å². The van der Waals surface area contributed by atoms with Gasteiger partial charge in [-0.3, -0.25) is 4.79 Å². The molecule has 2 rings (SSSR count). The molecule has 0 unspecified atom stereocenters. The van der Waals surface area contributed by atoms with Gasteiger partial charge in [0.2, 0.25) is 0 Å². The zero-order valence-electron chi connectivity index (χ0n) is 11.0. The number of rotatable bonds is 6. The summed E-state index contributed by atoms with van der Waals surface area (Å²) < 4.78 is 23.5. The van der Waals surface area contributed by atoms with Gasteiger partial charge in [0.1, 0.15) is 5.82 Å². The molecule has 106 valence electrons. The van der Waals surface area contributed by atoms with Crippen LogP contribution in [0.15, 0.2) is 34.9 Å². The Morgan fingerprint density at radius 2 is 2.25 bits per heavy atom. The number of hydrogen-bond acceptors (Lipinski definition) is 5. The summed E-state index contributed by atoms with van der Waals surface area (Å²) in [6.07, 6.45) is 0. The number of halogens is 1. The lowest BCUT2D eigenvalue weighted by Gasteiger charge is -1.99. The quantitative estimate of drug-likeness (QED) is 0.765. The molecule has 2 aromatic rings. The molecule has 1 aromatic heterocycles. The molecule has 0 bridgehead atoms. The maximum absolute atomic E-state index is 13.6. The van der Waals surface area contributed by atoms with Crippen LogP contribution >= 0.6 is 11.8 Å². The van der Waals surface area contributed by atoms with Crippen LogP contribution in [0, 0.1) is 5.82 Å². The number of nitrogens with zero attached hydrogens (tertiary/aromatic N) is 1. The number of aromatic nitrogens is 1. The summed E-state index contributed by atoms with van der Waals surface area (Å²) in [5.74, 6) is 0.548. The first-order chi connectivity index (χ1) is 9.70. The standard InChI is InChI=1S/C14H14FNO3S/c1-2-18-14(17)9-20-8-10-7-13(19-16-10)11-5-3-4-6-12(11)15/h3-7H,2,8-9H2,1H3. The monoisotopic (exact) mass is 295 g/mol. The highest BCUT2D eigenvalue weighted by atomic mass is 32.2. The summed E-state index contributed by atoms with van der Waals surface area (Å²) in [5, 5.41) is 3.86. The van der Waals surface area contributed by atoms with Crippen LogP contribution in [-0.4, -0.2) is 23.5 Å². The number of esters is 1. The fourth-order valence-corrected chi connectivity index (χ4v) is 2.31. The Morgan fingerprint density at radius 1 is 1.45 bits per heavy atom. The Labute approximate surface area is 120 Å². The predicted molar refractivity (Wildman–Crippen MR) is 74.7 cm³/mol. The molecule has 1 heterocycles. The second-order valence-corrected chi connectivity index (χ2v) is 4.95. The molecule has 0 radical (unpaired) electrons. The molecule has 20 heavy (non-hydrogen) atoms. The van der Waals surface area contributed by atoms with Gasteiger partial charge in [-0.1, -0.05) is 17.3 Å². The first-order valence-electron chi connectivity index (χ1n) is 6.14. The number of carbonyl (C=O) groups excluding carboxylic acids is 1. The summed E-state index contributed by atoms with van der Waals surface area (Å²) in [5.41, 5.74) is 1.04. The van der Waals surface area contributed by atoms with E-state index in [9.17, 15) is 9.18 Å². The van der Waals surface area contributed by atoms with Crippen molar-refractivity contribution in [2.24, 2.45) is 0 Å². The second kappa shape index (κ2) is 7.09. The Balaban J connectivity index is 1.93. The fourth-order valence-electron chi connectivity index (χ4n) is 1.61. The first-order valence-corrected chi connectivity index (χ1v) is 7.30. The van der Waals surface area contributed by atoms with E-state index in [-0.39, 0.29) is 17.5 Å². The minimum absolute atomic E-state index is 0.254. The number of thioether (sulfide) groups is 1. The molecule has 0 fully saturated rings. The number of hydrogen-bond donors (Lipinski definition) is 0. The van der Waals surface area contributed by atoms with Crippen molar-refractivity contribution in [1.82, 2.24) is 5.16 Å². The predicted octanol–water partition coefficient (Wildman–Crippen LogP) is 3.28. The van der Waals surface area contributed by atoms with Crippen molar-refractivity contribution in [2.45, 2.75) is 12.7 Å². The molecule has 0 saturated heterocycles. The smallest absolute Gasteiger partial charge is 0.315 e. The van der Waals surface area contributed by atoms with Crippen LogP contribution in [0.2, 0.25) is 0 Å². The van der Waals surface area contributed by atoms with E-state index in [1.807, 2.05) is 0 Å². The average Bonchev–Trinajstić information content (AvgIpc) is 2.88. The van der Waals surface area contributed by atoms with E-state index in [0.717, 1.165) is 0 Å². The van der Waals surface area contributed by atoms with E-state index < -0.39 is 0 Å². The van der Waals surface area contributed by atoms with Gasteiger partial charge in [-0.15, -0.1) is 11.8 Å². The molecule has 0 atom stereocenters. The van der Waals surface area contributed by atoms with Gasteiger partial charge in [0.05, 0.1) is 23.6 Å². The van der Waals surface area contributed by atoms with E-state index in [1.54, 1.807) is 31.2 Å². The zero-order valence-corrected chi connectivity index (χ0v) is 11.8. The van der Waals surface area contributed by atoms with Crippen molar-refractivity contribution in [2.75, 3.05) is 12.4 Å². The highest BCUT2D eigenvalue weighted by Crippen LogP contribution is 2.24. The first kappa shape index (κ1) is 14.6. The molecule has 0 aliphatic rings. The number of carbonyl (C=O) groups is 1.